The van der Waals surface area contributed by atoms with Gasteiger partial charge in [-0.1, -0.05) is 24.3 Å². The summed E-state index contributed by atoms with van der Waals surface area (Å²) >= 11 is 0. The Hall–Kier alpha value is -1.61. The third kappa shape index (κ3) is 2.79. The molecule has 0 atom stereocenters. The Kier molecular flexibility index (Phi) is 3.53. The van der Waals surface area contributed by atoms with E-state index in [1.807, 2.05) is 26.4 Å². The van der Waals surface area contributed by atoms with Crippen molar-refractivity contribution in [2.75, 3.05) is 0 Å². The number of aromatic nitrogens is 2. The summed E-state index contributed by atoms with van der Waals surface area (Å²) in [5.74, 6) is 0. The largest absolute Gasteiger partial charge is 0.333 e. The molecule has 3 heteroatoms. The van der Waals surface area contributed by atoms with Crippen LogP contribution in [0.25, 0.3) is 0 Å². The van der Waals surface area contributed by atoms with Gasteiger partial charge in [-0.2, -0.15) is 0 Å². The third-order valence-corrected chi connectivity index (χ3v) is 3.26. The summed E-state index contributed by atoms with van der Waals surface area (Å²) in [4.78, 5) is 4.21. The van der Waals surface area contributed by atoms with E-state index in [1.54, 1.807) is 0 Å². The Morgan fingerprint density at radius 2 is 2.00 bits per heavy atom. The number of hydrogen-bond acceptors (Lipinski definition) is 2. The number of nitrogens with two attached hydrogens (primary N) is 1. The molecular weight excluding hydrogens is 222 g/mol. The highest BCUT2D eigenvalue weighted by Crippen LogP contribution is 2.17. The van der Waals surface area contributed by atoms with Crippen molar-refractivity contribution in [1.82, 2.24) is 9.55 Å². The lowest BCUT2D eigenvalue weighted by Gasteiger charge is -2.20. The van der Waals surface area contributed by atoms with Gasteiger partial charge in [0.25, 0.3) is 0 Å². The number of nitrogens with zero attached hydrogens (tertiary/aromatic N) is 2. The van der Waals surface area contributed by atoms with E-state index in [-0.39, 0.29) is 5.54 Å². The van der Waals surface area contributed by atoms with Crippen LogP contribution in [0.3, 0.4) is 0 Å². The molecule has 96 valence electrons. The highest BCUT2D eigenvalue weighted by atomic mass is 15.1. The van der Waals surface area contributed by atoms with Crippen molar-refractivity contribution in [1.29, 1.82) is 0 Å². The van der Waals surface area contributed by atoms with Gasteiger partial charge in [-0.3, -0.25) is 0 Å². The first-order chi connectivity index (χ1) is 8.48. The molecular formula is C15H21N3. The minimum Gasteiger partial charge on any atom is -0.333 e. The molecule has 2 N–H and O–H groups in total. The van der Waals surface area contributed by atoms with Crippen molar-refractivity contribution < 1.29 is 0 Å². The van der Waals surface area contributed by atoms with E-state index >= 15 is 0 Å². The van der Waals surface area contributed by atoms with Crippen molar-refractivity contribution in [3.63, 3.8) is 0 Å². The second-order valence-electron chi connectivity index (χ2n) is 5.37. The third-order valence-electron chi connectivity index (χ3n) is 3.26. The predicted molar refractivity (Wildman–Crippen MR) is 74.3 cm³/mol. The van der Waals surface area contributed by atoms with E-state index in [2.05, 4.69) is 40.7 Å². The first-order valence-corrected chi connectivity index (χ1v) is 6.32. The summed E-state index contributed by atoms with van der Waals surface area (Å²) in [7, 11) is 0. The lowest BCUT2D eigenvalue weighted by molar-refractivity contribution is 0.492. The van der Waals surface area contributed by atoms with Crippen LogP contribution in [0.2, 0.25) is 0 Å². The Labute approximate surface area is 109 Å². The fourth-order valence-electron chi connectivity index (χ4n) is 2.17. The zero-order valence-corrected chi connectivity index (χ0v) is 11.4. The summed E-state index contributed by atoms with van der Waals surface area (Å²) in [6, 6.07) is 8.49. The number of imidazole rings is 1. The molecule has 1 aromatic carbocycles. The average molecular weight is 243 g/mol. The molecule has 18 heavy (non-hydrogen) atoms. The van der Waals surface area contributed by atoms with Gasteiger partial charge in [-0.25, -0.2) is 4.98 Å². The Morgan fingerprint density at radius 3 is 2.67 bits per heavy atom. The van der Waals surface area contributed by atoms with E-state index in [0.29, 0.717) is 0 Å². The van der Waals surface area contributed by atoms with Crippen molar-refractivity contribution in [2.24, 2.45) is 5.73 Å². The minimum atomic E-state index is -0.345. The van der Waals surface area contributed by atoms with Crippen molar-refractivity contribution in [2.45, 2.75) is 39.3 Å². The highest BCUT2D eigenvalue weighted by molar-refractivity contribution is 5.25. The van der Waals surface area contributed by atoms with Crippen molar-refractivity contribution in [3.05, 3.63) is 53.6 Å². The van der Waals surface area contributed by atoms with Gasteiger partial charge in [0.05, 0.1) is 17.6 Å². The van der Waals surface area contributed by atoms with Gasteiger partial charge in [0.15, 0.2) is 0 Å². The molecule has 1 aromatic heterocycles. The van der Waals surface area contributed by atoms with Gasteiger partial charge in [-0.05, 0) is 38.3 Å². The van der Waals surface area contributed by atoms with Crippen LogP contribution >= 0.6 is 0 Å². The smallest absolute Gasteiger partial charge is 0.0948 e. The first kappa shape index (κ1) is 12.8. The summed E-state index contributed by atoms with van der Waals surface area (Å²) in [6.45, 7) is 7.08. The normalized spacial score (nSPS) is 11.8. The van der Waals surface area contributed by atoms with Gasteiger partial charge in [0.1, 0.15) is 0 Å². The number of benzene rings is 1. The zero-order chi connectivity index (χ0) is 13.2. The fraction of sp³-hybridized carbons (Fsp3) is 0.400. The molecule has 0 aliphatic carbocycles. The summed E-state index contributed by atoms with van der Waals surface area (Å²) in [6.07, 6.45) is 4.73. The summed E-state index contributed by atoms with van der Waals surface area (Å²) in [5.41, 5.74) is 9.60. The quantitative estimate of drug-likeness (QED) is 0.897. The number of aryl methyl sites for hydroxylation is 3. The topological polar surface area (TPSA) is 43.8 Å². The highest BCUT2D eigenvalue weighted by Gasteiger charge is 2.18. The van der Waals surface area contributed by atoms with Crippen LogP contribution in [-0.4, -0.2) is 9.55 Å². The Balaban J connectivity index is 2.12. The number of hydrogen-bond donors (Lipinski definition) is 1. The van der Waals surface area contributed by atoms with Crippen molar-refractivity contribution >= 4 is 0 Å². The van der Waals surface area contributed by atoms with E-state index < -0.39 is 0 Å². The van der Waals surface area contributed by atoms with Crippen LogP contribution in [0.15, 0.2) is 36.8 Å². The molecule has 2 aromatic rings. The number of rotatable bonds is 4. The molecule has 0 unspecified atom stereocenters. The van der Waals surface area contributed by atoms with Gasteiger partial charge in [0.2, 0.25) is 0 Å². The van der Waals surface area contributed by atoms with Crippen LogP contribution in [0, 0.1) is 6.92 Å². The molecule has 0 spiro atoms. The predicted octanol–water partition coefficient (Wildman–Crippen LogP) is 2.63. The molecule has 0 saturated carbocycles. The second kappa shape index (κ2) is 4.94. The molecule has 1 heterocycles. The molecule has 0 saturated heterocycles. The first-order valence-electron chi connectivity index (χ1n) is 6.32. The van der Waals surface area contributed by atoms with Gasteiger partial charge in [0, 0.05) is 12.7 Å². The average Bonchev–Trinajstić information content (AvgIpc) is 2.76. The van der Waals surface area contributed by atoms with Crippen LogP contribution < -0.4 is 5.73 Å². The Bertz CT molecular complexity index is 521. The van der Waals surface area contributed by atoms with E-state index in [4.69, 9.17) is 5.73 Å². The minimum absolute atomic E-state index is 0.345. The van der Waals surface area contributed by atoms with E-state index in [0.717, 1.165) is 18.7 Å². The van der Waals surface area contributed by atoms with Gasteiger partial charge in [-0.15, -0.1) is 0 Å². The summed E-state index contributed by atoms with van der Waals surface area (Å²) in [5, 5.41) is 0. The molecule has 0 aliphatic rings. The maximum absolute atomic E-state index is 6.14. The van der Waals surface area contributed by atoms with Gasteiger partial charge >= 0.3 is 0 Å². The van der Waals surface area contributed by atoms with Crippen LogP contribution in [0.5, 0.6) is 0 Å². The van der Waals surface area contributed by atoms with Gasteiger partial charge < -0.3 is 10.3 Å². The van der Waals surface area contributed by atoms with Crippen molar-refractivity contribution in [3.8, 4) is 0 Å². The monoisotopic (exact) mass is 243 g/mol. The van der Waals surface area contributed by atoms with Crippen LogP contribution in [-0.2, 0) is 18.5 Å². The molecule has 3 nitrogen and oxygen atoms in total. The van der Waals surface area contributed by atoms with Crippen LogP contribution in [0.1, 0.15) is 30.7 Å². The molecule has 0 aliphatic heterocycles. The molecule has 0 fully saturated rings. The molecule has 0 radical (unpaired) electrons. The molecule has 0 bridgehead atoms. The zero-order valence-electron chi connectivity index (χ0n) is 11.4. The second-order valence-corrected chi connectivity index (χ2v) is 5.37. The lowest BCUT2D eigenvalue weighted by atomic mass is 10.0. The van der Waals surface area contributed by atoms with Crippen LogP contribution in [0.4, 0.5) is 0 Å². The summed E-state index contributed by atoms with van der Waals surface area (Å²) < 4.78 is 2.15. The maximum atomic E-state index is 6.14. The standard InChI is InChI=1S/C15H21N3/c1-12-6-4-5-7-13(12)8-9-18-11-17-10-14(18)15(2,3)16/h4-7,10-11H,8-9,16H2,1-3H3. The molecule has 0 amide bonds. The maximum Gasteiger partial charge on any atom is 0.0948 e. The molecule has 2 rings (SSSR count). The Morgan fingerprint density at radius 1 is 1.28 bits per heavy atom. The van der Waals surface area contributed by atoms with E-state index in [9.17, 15) is 0 Å². The van der Waals surface area contributed by atoms with E-state index in [1.165, 1.54) is 11.1 Å². The lowest BCUT2D eigenvalue weighted by Crippen LogP contribution is -2.31. The fourth-order valence-corrected chi connectivity index (χ4v) is 2.17. The SMILES string of the molecule is Cc1ccccc1CCn1cncc1C(C)(C)N.